The summed E-state index contributed by atoms with van der Waals surface area (Å²) in [6.45, 7) is 4.61. The van der Waals surface area contributed by atoms with Gasteiger partial charge >= 0.3 is 0 Å². The van der Waals surface area contributed by atoms with Crippen molar-refractivity contribution in [3.63, 3.8) is 0 Å². The van der Waals surface area contributed by atoms with E-state index in [1.54, 1.807) is 11.3 Å². The summed E-state index contributed by atoms with van der Waals surface area (Å²) in [5, 5.41) is 3.34. The largest absolute Gasteiger partial charge is 0.485 e. The summed E-state index contributed by atoms with van der Waals surface area (Å²) in [6.07, 6.45) is 0. The van der Waals surface area contributed by atoms with Gasteiger partial charge in [-0.3, -0.25) is 0 Å². The number of halogens is 1. The Bertz CT molecular complexity index is 770. The van der Waals surface area contributed by atoms with Crippen molar-refractivity contribution < 1.29 is 4.74 Å². The molecule has 0 bridgehead atoms. The molecule has 3 nitrogen and oxygen atoms in total. The first-order valence-corrected chi connectivity index (χ1v) is 8.02. The van der Waals surface area contributed by atoms with Gasteiger partial charge in [0.2, 0.25) is 0 Å². The number of thiophene rings is 1. The Balaban J connectivity index is 1.83. The van der Waals surface area contributed by atoms with E-state index in [1.807, 2.05) is 29.6 Å². The highest BCUT2D eigenvalue weighted by atomic mass is 35.5. The third-order valence-corrected chi connectivity index (χ3v) is 4.32. The molecule has 2 aromatic heterocycles. The van der Waals surface area contributed by atoms with Crippen LogP contribution >= 0.6 is 22.9 Å². The maximum Gasteiger partial charge on any atom is 0.169 e. The van der Waals surface area contributed by atoms with E-state index in [-0.39, 0.29) is 0 Å². The monoisotopic (exact) mass is 318 g/mol. The standard InChI is InChI=1S/C16H15ClN2OS/c1-10(2)11-5-3-4-6-13(11)20-9-14-18-15(17)12-7-8-21-16(12)19-14/h3-8,10H,9H2,1-2H3. The van der Waals surface area contributed by atoms with E-state index in [4.69, 9.17) is 16.3 Å². The lowest BCUT2D eigenvalue weighted by atomic mass is 10.0. The number of para-hydroxylation sites is 1. The number of aromatic nitrogens is 2. The number of hydrogen-bond acceptors (Lipinski definition) is 4. The Morgan fingerprint density at radius 1 is 1.19 bits per heavy atom. The smallest absolute Gasteiger partial charge is 0.169 e. The zero-order valence-corrected chi connectivity index (χ0v) is 13.4. The zero-order valence-electron chi connectivity index (χ0n) is 11.8. The van der Waals surface area contributed by atoms with Crippen LogP contribution in [0, 0.1) is 0 Å². The van der Waals surface area contributed by atoms with E-state index in [2.05, 4.69) is 29.9 Å². The van der Waals surface area contributed by atoms with Crippen LogP contribution in [0.25, 0.3) is 10.2 Å². The molecule has 21 heavy (non-hydrogen) atoms. The molecule has 1 aromatic carbocycles. The Hall–Kier alpha value is -1.65. The fraction of sp³-hybridized carbons (Fsp3) is 0.250. The van der Waals surface area contributed by atoms with Crippen LogP contribution in [-0.2, 0) is 6.61 Å². The third-order valence-electron chi connectivity index (χ3n) is 3.22. The van der Waals surface area contributed by atoms with Gasteiger partial charge in [-0.1, -0.05) is 43.6 Å². The Morgan fingerprint density at radius 3 is 2.81 bits per heavy atom. The van der Waals surface area contributed by atoms with Crippen molar-refractivity contribution in [1.82, 2.24) is 9.97 Å². The van der Waals surface area contributed by atoms with Gasteiger partial charge in [-0.05, 0) is 29.0 Å². The van der Waals surface area contributed by atoms with Crippen molar-refractivity contribution >= 4 is 33.2 Å². The summed E-state index contributed by atoms with van der Waals surface area (Å²) >= 11 is 7.72. The van der Waals surface area contributed by atoms with Gasteiger partial charge in [0.25, 0.3) is 0 Å². The van der Waals surface area contributed by atoms with Crippen molar-refractivity contribution in [3.8, 4) is 5.75 Å². The average molecular weight is 319 g/mol. The summed E-state index contributed by atoms with van der Waals surface area (Å²) in [6, 6.07) is 9.97. The van der Waals surface area contributed by atoms with E-state index in [0.29, 0.717) is 23.5 Å². The van der Waals surface area contributed by atoms with Gasteiger partial charge < -0.3 is 4.74 Å². The van der Waals surface area contributed by atoms with Crippen molar-refractivity contribution in [2.75, 3.05) is 0 Å². The normalized spacial score (nSPS) is 11.2. The number of nitrogens with zero attached hydrogens (tertiary/aromatic N) is 2. The minimum atomic E-state index is 0.317. The van der Waals surface area contributed by atoms with Crippen LogP contribution < -0.4 is 4.74 Å². The summed E-state index contributed by atoms with van der Waals surface area (Å²) < 4.78 is 5.89. The molecule has 0 saturated carbocycles. The van der Waals surface area contributed by atoms with Gasteiger partial charge in [0.15, 0.2) is 5.82 Å². The number of benzene rings is 1. The molecule has 0 radical (unpaired) electrons. The Kier molecular flexibility index (Phi) is 4.08. The van der Waals surface area contributed by atoms with Crippen LogP contribution in [0.3, 0.4) is 0 Å². The lowest BCUT2D eigenvalue weighted by Gasteiger charge is -2.13. The predicted molar refractivity (Wildman–Crippen MR) is 87.3 cm³/mol. The SMILES string of the molecule is CC(C)c1ccccc1OCc1nc(Cl)c2ccsc2n1. The molecule has 0 amide bonds. The minimum Gasteiger partial charge on any atom is -0.485 e. The maximum absolute atomic E-state index is 6.17. The Labute approximate surface area is 132 Å². The molecule has 2 heterocycles. The highest BCUT2D eigenvalue weighted by Gasteiger charge is 2.10. The number of ether oxygens (including phenoxy) is 1. The molecule has 0 atom stereocenters. The first-order chi connectivity index (χ1) is 10.1. The van der Waals surface area contributed by atoms with Gasteiger partial charge in [0.1, 0.15) is 22.3 Å². The van der Waals surface area contributed by atoms with Crippen molar-refractivity contribution in [3.05, 3.63) is 52.3 Å². The fourth-order valence-corrected chi connectivity index (χ4v) is 3.25. The van der Waals surface area contributed by atoms with Crippen LogP contribution in [-0.4, -0.2) is 9.97 Å². The maximum atomic E-state index is 6.17. The molecule has 0 aliphatic rings. The third kappa shape index (κ3) is 3.01. The topological polar surface area (TPSA) is 35.0 Å². The van der Waals surface area contributed by atoms with Crippen LogP contribution in [0.1, 0.15) is 31.2 Å². The van der Waals surface area contributed by atoms with E-state index in [1.165, 1.54) is 5.56 Å². The number of rotatable bonds is 4. The highest BCUT2D eigenvalue weighted by molar-refractivity contribution is 7.16. The molecule has 3 rings (SSSR count). The fourth-order valence-electron chi connectivity index (χ4n) is 2.16. The average Bonchev–Trinajstić information content (AvgIpc) is 2.94. The second kappa shape index (κ2) is 6.00. The molecule has 0 unspecified atom stereocenters. The van der Waals surface area contributed by atoms with Crippen LogP contribution in [0.15, 0.2) is 35.7 Å². The molecule has 0 aliphatic heterocycles. The zero-order chi connectivity index (χ0) is 14.8. The van der Waals surface area contributed by atoms with E-state index >= 15 is 0 Å². The van der Waals surface area contributed by atoms with Gasteiger partial charge in [-0.2, -0.15) is 0 Å². The first-order valence-electron chi connectivity index (χ1n) is 6.76. The van der Waals surface area contributed by atoms with Crippen molar-refractivity contribution in [2.24, 2.45) is 0 Å². The molecule has 0 N–H and O–H groups in total. The highest BCUT2D eigenvalue weighted by Crippen LogP contribution is 2.28. The molecular weight excluding hydrogens is 304 g/mol. The molecule has 0 saturated heterocycles. The van der Waals surface area contributed by atoms with Crippen molar-refractivity contribution in [2.45, 2.75) is 26.4 Å². The van der Waals surface area contributed by atoms with Gasteiger partial charge in [-0.15, -0.1) is 11.3 Å². The summed E-state index contributed by atoms with van der Waals surface area (Å²) in [5.41, 5.74) is 1.18. The molecule has 3 aromatic rings. The Morgan fingerprint density at radius 2 is 2.00 bits per heavy atom. The second-order valence-corrected chi connectivity index (χ2v) is 6.30. The van der Waals surface area contributed by atoms with Crippen LogP contribution in [0.2, 0.25) is 5.15 Å². The summed E-state index contributed by atoms with van der Waals surface area (Å²) in [5.74, 6) is 1.89. The second-order valence-electron chi connectivity index (χ2n) is 5.05. The molecule has 5 heteroatoms. The molecule has 0 spiro atoms. The molecule has 0 aliphatic carbocycles. The molecule has 0 fully saturated rings. The van der Waals surface area contributed by atoms with Gasteiger partial charge in [0.05, 0.1) is 0 Å². The lowest BCUT2D eigenvalue weighted by molar-refractivity contribution is 0.292. The van der Waals surface area contributed by atoms with E-state index in [0.717, 1.165) is 16.0 Å². The molecular formula is C16H15ClN2OS. The number of hydrogen-bond donors (Lipinski definition) is 0. The summed E-state index contributed by atoms with van der Waals surface area (Å²) in [7, 11) is 0. The van der Waals surface area contributed by atoms with Crippen LogP contribution in [0.4, 0.5) is 0 Å². The van der Waals surface area contributed by atoms with Gasteiger partial charge in [0, 0.05) is 5.39 Å². The summed E-state index contributed by atoms with van der Waals surface area (Å²) in [4.78, 5) is 9.68. The van der Waals surface area contributed by atoms with E-state index < -0.39 is 0 Å². The minimum absolute atomic E-state index is 0.317. The first kappa shape index (κ1) is 14.3. The lowest BCUT2D eigenvalue weighted by Crippen LogP contribution is -2.03. The van der Waals surface area contributed by atoms with Crippen molar-refractivity contribution in [1.29, 1.82) is 0 Å². The van der Waals surface area contributed by atoms with Gasteiger partial charge in [-0.25, -0.2) is 9.97 Å². The predicted octanol–water partition coefficient (Wildman–Crippen LogP) is 5.05. The van der Waals surface area contributed by atoms with E-state index in [9.17, 15) is 0 Å². The molecule has 108 valence electrons. The van der Waals surface area contributed by atoms with Crippen LogP contribution in [0.5, 0.6) is 5.75 Å². The number of fused-ring (bicyclic) bond motifs is 1. The quantitative estimate of drug-likeness (QED) is 0.632.